The number of carboxylic acid groups (broad SMARTS) is 1. The molecule has 1 rings (SSSR count). The standard InChI is InChI=1S/C13H23N3O4/c1-8-5-4-6-16(10(8)11(18)19)12(20)15-13(2,3)7-9(14)17/h8,10H,4-7H2,1-3H3,(H2,14,17)(H,15,20)(H,18,19). The fourth-order valence-electron chi connectivity index (χ4n) is 2.63. The van der Waals surface area contributed by atoms with Crippen LogP contribution in [0.1, 0.15) is 40.0 Å². The van der Waals surface area contributed by atoms with Crippen molar-refractivity contribution >= 4 is 17.9 Å². The molecule has 0 aromatic rings. The van der Waals surface area contributed by atoms with Crippen molar-refractivity contribution in [2.75, 3.05) is 6.54 Å². The predicted octanol–water partition coefficient (Wildman–Crippen LogP) is 0.535. The number of amides is 3. The number of nitrogens with one attached hydrogen (secondary N) is 1. The van der Waals surface area contributed by atoms with Gasteiger partial charge in [-0.05, 0) is 32.6 Å². The van der Waals surface area contributed by atoms with Gasteiger partial charge in [-0.3, -0.25) is 4.79 Å². The van der Waals surface area contributed by atoms with Gasteiger partial charge in [0, 0.05) is 18.5 Å². The highest BCUT2D eigenvalue weighted by atomic mass is 16.4. The van der Waals surface area contributed by atoms with Gasteiger partial charge in [0.15, 0.2) is 0 Å². The van der Waals surface area contributed by atoms with Crippen molar-refractivity contribution in [3.63, 3.8) is 0 Å². The first-order valence-corrected chi connectivity index (χ1v) is 6.74. The van der Waals surface area contributed by atoms with Gasteiger partial charge >= 0.3 is 12.0 Å². The largest absolute Gasteiger partial charge is 0.480 e. The quantitative estimate of drug-likeness (QED) is 0.699. The van der Waals surface area contributed by atoms with Gasteiger partial charge in [-0.2, -0.15) is 0 Å². The summed E-state index contributed by atoms with van der Waals surface area (Å²) >= 11 is 0. The second-order valence-corrected chi connectivity index (χ2v) is 6.05. The monoisotopic (exact) mass is 285 g/mol. The molecule has 0 aromatic heterocycles. The molecule has 7 heteroatoms. The molecule has 3 amide bonds. The number of hydrogen-bond acceptors (Lipinski definition) is 3. The first kappa shape index (κ1) is 16.3. The third-order valence-corrected chi connectivity index (χ3v) is 3.51. The Kier molecular flexibility index (Phi) is 4.97. The lowest BCUT2D eigenvalue weighted by Gasteiger charge is -2.39. The minimum atomic E-state index is -1.000. The molecule has 1 heterocycles. The number of aliphatic carboxylic acids is 1. The zero-order valence-corrected chi connectivity index (χ0v) is 12.2. The first-order chi connectivity index (χ1) is 9.14. The van der Waals surface area contributed by atoms with E-state index in [9.17, 15) is 19.5 Å². The van der Waals surface area contributed by atoms with E-state index in [0.717, 1.165) is 12.8 Å². The number of nitrogens with two attached hydrogens (primary N) is 1. The molecule has 2 unspecified atom stereocenters. The average Bonchev–Trinajstić information content (AvgIpc) is 2.25. The number of likely N-dealkylation sites (tertiary alicyclic amines) is 1. The summed E-state index contributed by atoms with van der Waals surface area (Å²) in [4.78, 5) is 35.9. The van der Waals surface area contributed by atoms with E-state index in [1.807, 2.05) is 6.92 Å². The van der Waals surface area contributed by atoms with E-state index in [2.05, 4.69) is 5.32 Å². The van der Waals surface area contributed by atoms with Crippen molar-refractivity contribution in [1.82, 2.24) is 10.2 Å². The van der Waals surface area contributed by atoms with Gasteiger partial charge in [-0.1, -0.05) is 6.92 Å². The van der Waals surface area contributed by atoms with Crippen molar-refractivity contribution < 1.29 is 19.5 Å². The third kappa shape index (κ3) is 4.11. The van der Waals surface area contributed by atoms with Crippen molar-refractivity contribution in [3.8, 4) is 0 Å². The zero-order chi connectivity index (χ0) is 15.5. The Labute approximate surface area is 118 Å². The SMILES string of the molecule is CC1CCCN(C(=O)NC(C)(C)CC(N)=O)C1C(=O)O. The average molecular weight is 285 g/mol. The van der Waals surface area contributed by atoms with Crippen LogP contribution < -0.4 is 11.1 Å². The molecule has 0 bridgehead atoms. The molecule has 4 N–H and O–H groups in total. The molecule has 20 heavy (non-hydrogen) atoms. The number of piperidine rings is 1. The molecule has 1 aliphatic heterocycles. The summed E-state index contributed by atoms with van der Waals surface area (Å²) in [5.74, 6) is -1.61. The lowest BCUT2D eigenvalue weighted by molar-refractivity contribution is -0.145. The lowest BCUT2D eigenvalue weighted by atomic mass is 9.91. The number of carbonyl (C=O) groups is 3. The summed E-state index contributed by atoms with van der Waals surface area (Å²) in [5, 5.41) is 12.0. The maximum atomic E-state index is 12.3. The van der Waals surface area contributed by atoms with E-state index in [-0.39, 0.29) is 12.3 Å². The summed E-state index contributed by atoms with van der Waals surface area (Å²) in [6.45, 7) is 5.59. The van der Waals surface area contributed by atoms with Crippen LogP contribution >= 0.6 is 0 Å². The van der Waals surface area contributed by atoms with Crippen molar-refractivity contribution in [2.24, 2.45) is 11.7 Å². The van der Waals surface area contributed by atoms with E-state index >= 15 is 0 Å². The van der Waals surface area contributed by atoms with Crippen LogP contribution in [0.3, 0.4) is 0 Å². The minimum absolute atomic E-state index is 0.000127. The third-order valence-electron chi connectivity index (χ3n) is 3.51. The van der Waals surface area contributed by atoms with E-state index < -0.39 is 29.5 Å². The Balaban J connectivity index is 2.79. The van der Waals surface area contributed by atoms with Crippen LogP contribution in [-0.4, -0.2) is 46.0 Å². The zero-order valence-electron chi connectivity index (χ0n) is 12.2. The van der Waals surface area contributed by atoms with Gasteiger partial charge in [0.2, 0.25) is 5.91 Å². The number of rotatable bonds is 4. The van der Waals surface area contributed by atoms with Gasteiger partial charge < -0.3 is 21.1 Å². The van der Waals surface area contributed by atoms with Gasteiger partial charge in [0.05, 0.1) is 0 Å². The molecule has 1 aliphatic rings. The molecule has 1 fully saturated rings. The summed E-state index contributed by atoms with van der Waals surface area (Å²) in [6, 6.07) is -1.29. The fourth-order valence-corrected chi connectivity index (χ4v) is 2.63. The highest BCUT2D eigenvalue weighted by molar-refractivity contribution is 5.84. The maximum absolute atomic E-state index is 12.3. The summed E-state index contributed by atoms with van der Waals surface area (Å²) < 4.78 is 0. The van der Waals surface area contributed by atoms with Crippen molar-refractivity contribution in [1.29, 1.82) is 0 Å². The van der Waals surface area contributed by atoms with E-state index in [0.29, 0.717) is 6.54 Å². The molecule has 2 atom stereocenters. The predicted molar refractivity (Wildman–Crippen MR) is 72.9 cm³/mol. The summed E-state index contributed by atoms with van der Waals surface area (Å²) in [5.41, 5.74) is 4.33. The number of nitrogens with zero attached hydrogens (tertiary/aromatic N) is 1. The van der Waals surface area contributed by atoms with Crippen molar-refractivity contribution in [2.45, 2.75) is 51.6 Å². The van der Waals surface area contributed by atoms with Crippen LogP contribution in [0.5, 0.6) is 0 Å². The number of carbonyl (C=O) groups excluding carboxylic acids is 2. The Morgan fingerprint density at radius 1 is 1.40 bits per heavy atom. The Morgan fingerprint density at radius 3 is 2.50 bits per heavy atom. The van der Waals surface area contributed by atoms with Gasteiger partial charge in [-0.15, -0.1) is 0 Å². The molecule has 0 saturated carbocycles. The molecule has 0 radical (unpaired) electrons. The van der Waals surface area contributed by atoms with E-state index in [4.69, 9.17) is 5.73 Å². The number of primary amides is 1. The van der Waals surface area contributed by atoms with Crippen LogP contribution in [-0.2, 0) is 9.59 Å². The van der Waals surface area contributed by atoms with Crippen LogP contribution in [0.25, 0.3) is 0 Å². The highest BCUT2D eigenvalue weighted by Crippen LogP contribution is 2.24. The van der Waals surface area contributed by atoms with E-state index in [1.54, 1.807) is 13.8 Å². The molecule has 0 aromatic carbocycles. The van der Waals surface area contributed by atoms with Crippen LogP contribution in [0.4, 0.5) is 4.79 Å². The Hall–Kier alpha value is -1.79. The van der Waals surface area contributed by atoms with Crippen molar-refractivity contribution in [3.05, 3.63) is 0 Å². The van der Waals surface area contributed by atoms with Crippen LogP contribution in [0.2, 0.25) is 0 Å². The Morgan fingerprint density at radius 2 is 2.00 bits per heavy atom. The summed E-state index contributed by atoms with van der Waals surface area (Å²) in [6.07, 6.45) is 1.56. The molecular formula is C13H23N3O4. The smallest absolute Gasteiger partial charge is 0.326 e. The van der Waals surface area contributed by atoms with Crippen LogP contribution in [0.15, 0.2) is 0 Å². The molecule has 7 nitrogen and oxygen atoms in total. The molecule has 0 spiro atoms. The normalized spacial score (nSPS) is 23.2. The van der Waals surface area contributed by atoms with Gasteiger partial charge in [0.25, 0.3) is 0 Å². The van der Waals surface area contributed by atoms with Gasteiger partial charge in [-0.25, -0.2) is 9.59 Å². The number of carboxylic acids is 1. The number of urea groups is 1. The topological polar surface area (TPSA) is 113 Å². The molecular weight excluding hydrogens is 262 g/mol. The molecule has 114 valence electrons. The maximum Gasteiger partial charge on any atom is 0.326 e. The second-order valence-electron chi connectivity index (χ2n) is 6.05. The fraction of sp³-hybridized carbons (Fsp3) is 0.769. The second kappa shape index (κ2) is 6.11. The van der Waals surface area contributed by atoms with Crippen LogP contribution in [0, 0.1) is 5.92 Å². The first-order valence-electron chi connectivity index (χ1n) is 6.74. The Bertz CT molecular complexity index is 408. The van der Waals surface area contributed by atoms with Gasteiger partial charge in [0.1, 0.15) is 6.04 Å². The highest BCUT2D eigenvalue weighted by Gasteiger charge is 2.38. The number of hydrogen-bond donors (Lipinski definition) is 3. The summed E-state index contributed by atoms with van der Waals surface area (Å²) in [7, 11) is 0. The van der Waals surface area contributed by atoms with E-state index in [1.165, 1.54) is 4.90 Å². The molecule has 0 aliphatic carbocycles. The minimum Gasteiger partial charge on any atom is -0.480 e. The molecule has 1 saturated heterocycles. The lowest BCUT2D eigenvalue weighted by Crippen LogP contribution is -2.59.